The smallest absolute Gasteiger partial charge is 0.269 e. The first-order valence-electron chi connectivity index (χ1n) is 9.25. The number of piperazine rings is 1. The second-order valence-corrected chi connectivity index (χ2v) is 7.47. The monoisotopic (exact) mass is 409 g/mol. The molecule has 1 fully saturated rings. The number of non-ortho nitro benzene ring substituents is 1. The molecule has 0 unspecified atom stereocenters. The number of carbonyl (C=O) groups excluding carboxylic acids is 1. The van der Waals surface area contributed by atoms with E-state index in [1.54, 1.807) is 4.90 Å². The third-order valence-corrected chi connectivity index (χ3v) is 5.64. The molecule has 148 valence electrons. The molecule has 0 radical (unpaired) electrons. The van der Waals surface area contributed by atoms with Crippen molar-refractivity contribution >= 4 is 28.3 Å². The van der Waals surface area contributed by atoms with E-state index in [9.17, 15) is 14.9 Å². The molecule has 0 aliphatic carbocycles. The van der Waals surface area contributed by atoms with Crippen LogP contribution in [0.25, 0.3) is 0 Å². The highest BCUT2D eigenvalue weighted by atomic mass is 32.1. The van der Waals surface area contributed by atoms with Gasteiger partial charge in [-0.2, -0.15) is 4.37 Å². The number of benzene rings is 2. The molecule has 0 bridgehead atoms. The van der Waals surface area contributed by atoms with Crippen molar-refractivity contribution in [3.63, 3.8) is 0 Å². The lowest BCUT2D eigenvalue weighted by Gasteiger charge is -2.34. The fourth-order valence-electron chi connectivity index (χ4n) is 3.23. The summed E-state index contributed by atoms with van der Waals surface area (Å²) in [7, 11) is 0. The highest BCUT2D eigenvalue weighted by molar-refractivity contribution is 7.09. The molecule has 4 rings (SSSR count). The van der Waals surface area contributed by atoms with Gasteiger partial charge in [0.2, 0.25) is 5.13 Å². The highest BCUT2D eigenvalue weighted by Crippen LogP contribution is 2.21. The van der Waals surface area contributed by atoms with Crippen LogP contribution in [0.1, 0.15) is 21.7 Å². The summed E-state index contributed by atoms with van der Waals surface area (Å²) < 4.78 is 4.46. The van der Waals surface area contributed by atoms with Crippen LogP contribution in [-0.2, 0) is 6.42 Å². The molecule has 1 aromatic heterocycles. The molecule has 0 N–H and O–H groups in total. The first kappa shape index (κ1) is 19.0. The highest BCUT2D eigenvalue weighted by Gasteiger charge is 2.24. The minimum atomic E-state index is -0.471. The Bertz CT molecular complexity index is 998. The molecule has 9 heteroatoms. The Labute approximate surface area is 171 Å². The van der Waals surface area contributed by atoms with Crippen molar-refractivity contribution in [2.75, 3.05) is 31.1 Å². The topological polar surface area (TPSA) is 92.5 Å². The second kappa shape index (κ2) is 8.36. The lowest BCUT2D eigenvalue weighted by atomic mass is 10.1. The van der Waals surface area contributed by atoms with Crippen LogP contribution in [0.15, 0.2) is 54.6 Å². The summed E-state index contributed by atoms with van der Waals surface area (Å²) >= 11 is 1.38. The van der Waals surface area contributed by atoms with Gasteiger partial charge in [0.1, 0.15) is 5.82 Å². The summed E-state index contributed by atoms with van der Waals surface area (Å²) in [5.74, 6) is 0.696. The summed E-state index contributed by atoms with van der Waals surface area (Å²) in [6.07, 6.45) is 0.704. The molecule has 0 saturated carbocycles. The van der Waals surface area contributed by atoms with Gasteiger partial charge in [0.05, 0.1) is 4.92 Å². The Kier molecular flexibility index (Phi) is 5.48. The summed E-state index contributed by atoms with van der Waals surface area (Å²) in [5, 5.41) is 11.6. The average molecular weight is 409 g/mol. The van der Waals surface area contributed by atoms with E-state index in [2.05, 4.69) is 26.4 Å². The Morgan fingerprint density at radius 2 is 1.72 bits per heavy atom. The quantitative estimate of drug-likeness (QED) is 0.475. The van der Waals surface area contributed by atoms with Gasteiger partial charge in [0.15, 0.2) is 0 Å². The summed E-state index contributed by atoms with van der Waals surface area (Å²) in [6, 6.07) is 15.8. The van der Waals surface area contributed by atoms with Gasteiger partial charge in [-0.05, 0) is 17.7 Å². The van der Waals surface area contributed by atoms with Crippen LogP contribution in [0.2, 0.25) is 0 Å². The lowest BCUT2D eigenvalue weighted by Crippen LogP contribution is -2.48. The van der Waals surface area contributed by atoms with E-state index in [1.807, 2.05) is 18.2 Å². The van der Waals surface area contributed by atoms with Crippen LogP contribution in [0.3, 0.4) is 0 Å². The largest absolute Gasteiger partial charge is 0.343 e. The number of nitro benzene ring substituents is 1. The number of rotatable bonds is 5. The first-order valence-corrected chi connectivity index (χ1v) is 10.0. The van der Waals surface area contributed by atoms with E-state index < -0.39 is 4.92 Å². The maximum atomic E-state index is 12.6. The Morgan fingerprint density at radius 3 is 2.38 bits per heavy atom. The zero-order valence-electron chi connectivity index (χ0n) is 15.6. The van der Waals surface area contributed by atoms with Crippen molar-refractivity contribution in [1.29, 1.82) is 0 Å². The Hall–Kier alpha value is -3.33. The average Bonchev–Trinajstić information content (AvgIpc) is 3.22. The number of hydrogen-bond acceptors (Lipinski definition) is 7. The molecule has 1 aliphatic heterocycles. The molecule has 2 aromatic carbocycles. The van der Waals surface area contributed by atoms with Crippen molar-refractivity contribution in [3.05, 3.63) is 81.7 Å². The molecule has 1 saturated heterocycles. The molecular weight excluding hydrogens is 390 g/mol. The van der Waals surface area contributed by atoms with Crippen molar-refractivity contribution in [1.82, 2.24) is 14.3 Å². The first-order chi connectivity index (χ1) is 14.1. The van der Waals surface area contributed by atoms with Crippen molar-refractivity contribution in [2.24, 2.45) is 0 Å². The van der Waals surface area contributed by atoms with E-state index in [4.69, 9.17) is 0 Å². The zero-order valence-corrected chi connectivity index (χ0v) is 16.4. The zero-order chi connectivity index (χ0) is 20.2. The predicted octanol–water partition coefficient (Wildman–Crippen LogP) is 3.00. The van der Waals surface area contributed by atoms with Crippen molar-refractivity contribution in [2.45, 2.75) is 6.42 Å². The molecule has 3 aromatic rings. The number of nitro groups is 1. The molecule has 1 aliphatic rings. The molecule has 0 spiro atoms. The van der Waals surface area contributed by atoms with Crippen LogP contribution in [0.4, 0.5) is 10.8 Å². The summed E-state index contributed by atoms with van der Waals surface area (Å²) in [5.41, 5.74) is 1.62. The summed E-state index contributed by atoms with van der Waals surface area (Å²) in [6.45, 7) is 2.50. The summed E-state index contributed by atoms with van der Waals surface area (Å²) in [4.78, 5) is 31.5. The maximum absolute atomic E-state index is 12.6. The number of anilines is 1. The maximum Gasteiger partial charge on any atom is 0.269 e. The minimum Gasteiger partial charge on any atom is -0.343 e. The van der Waals surface area contributed by atoms with Crippen LogP contribution < -0.4 is 4.90 Å². The van der Waals surface area contributed by atoms with Gasteiger partial charge in [-0.25, -0.2) is 4.98 Å². The third-order valence-electron chi connectivity index (χ3n) is 4.82. The van der Waals surface area contributed by atoms with E-state index in [-0.39, 0.29) is 11.6 Å². The lowest BCUT2D eigenvalue weighted by molar-refractivity contribution is -0.384. The SMILES string of the molecule is O=C(c1ccc([N+](=O)[O-])cc1)N1CCN(c2nc(Cc3ccccc3)ns2)CC1. The van der Waals surface area contributed by atoms with Gasteiger partial charge >= 0.3 is 0 Å². The molecular formula is C20H19N5O3S. The molecule has 8 nitrogen and oxygen atoms in total. The fourth-order valence-corrected chi connectivity index (χ4v) is 3.97. The van der Waals surface area contributed by atoms with Gasteiger partial charge in [-0.15, -0.1) is 0 Å². The molecule has 0 atom stereocenters. The van der Waals surface area contributed by atoms with Gasteiger partial charge in [-0.3, -0.25) is 14.9 Å². The van der Waals surface area contributed by atoms with E-state index in [1.165, 1.54) is 41.4 Å². The molecule has 2 heterocycles. The van der Waals surface area contributed by atoms with Gasteiger partial charge < -0.3 is 9.80 Å². The van der Waals surface area contributed by atoms with E-state index in [0.29, 0.717) is 38.2 Å². The van der Waals surface area contributed by atoms with Gasteiger partial charge in [-0.1, -0.05) is 30.3 Å². The number of nitrogens with zero attached hydrogens (tertiary/aromatic N) is 5. The fraction of sp³-hybridized carbons (Fsp3) is 0.250. The minimum absolute atomic E-state index is 0.0195. The number of hydrogen-bond donors (Lipinski definition) is 0. The third kappa shape index (κ3) is 4.40. The second-order valence-electron chi connectivity index (χ2n) is 6.74. The predicted molar refractivity (Wildman–Crippen MR) is 110 cm³/mol. The van der Waals surface area contributed by atoms with Crippen LogP contribution in [0.5, 0.6) is 0 Å². The molecule has 1 amide bonds. The number of aromatic nitrogens is 2. The van der Waals surface area contributed by atoms with Crippen LogP contribution in [-0.4, -0.2) is 51.3 Å². The van der Waals surface area contributed by atoms with Gasteiger partial charge in [0.25, 0.3) is 11.6 Å². The van der Waals surface area contributed by atoms with E-state index >= 15 is 0 Å². The van der Waals surface area contributed by atoms with Crippen LogP contribution in [0, 0.1) is 10.1 Å². The Balaban J connectivity index is 1.34. The van der Waals surface area contributed by atoms with Crippen molar-refractivity contribution < 1.29 is 9.72 Å². The Morgan fingerprint density at radius 1 is 1.03 bits per heavy atom. The molecule has 29 heavy (non-hydrogen) atoms. The standard InChI is InChI=1S/C20H19N5O3S/c26-19(16-6-8-17(9-7-16)25(27)28)23-10-12-24(13-11-23)20-21-18(22-29-20)14-15-4-2-1-3-5-15/h1-9H,10-14H2. The van der Waals surface area contributed by atoms with Crippen molar-refractivity contribution in [3.8, 4) is 0 Å². The number of carbonyl (C=O) groups is 1. The van der Waals surface area contributed by atoms with Gasteiger partial charge in [0, 0.05) is 61.8 Å². The van der Waals surface area contributed by atoms with Crippen LogP contribution >= 0.6 is 11.5 Å². The van der Waals surface area contributed by atoms with E-state index in [0.717, 1.165) is 11.0 Å². The number of amides is 1. The normalized spacial score (nSPS) is 14.1.